The van der Waals surface area contributed by atoms with Crippen molar-refractivity contribution < 1.29 is 17.9 Å². The first-order valence-corrected chi connectivity index (χ1v) is 8.71. The summed E-state index contributed by atoms with van der Waals surface area (Å²) in [5, 5.41) is 0. The van der Waals surface area contributed by atoms with Crippen LogP contribution in [0.15, 0.2) is 59.5 Å². The van der Waals surface area contributed by atoms with E-state index in [0.717, 1.165) is 11.1 Å². The average Bonchev–Trinajstić information content (AvgIpc) is 2.54. The Bertz CT molecular complexity index is 740. The third-order valence-electron chi connectivity index (χ3n) is 3.20. The van der Waals surface area contributed by atoms with Crippen LogP contribution in [0.3, 0.4) is 0 Å². The molecule has 0 saturated carbocycles. The molecular formula is C17H19NO4S. The maximum Gasteiger partial charge on any atom is 0.307 e. The molecule has 2 aromatic carbocycles. The van der Waals surface area contributed by atoms with Gasteiger partial charge in [0.1, 0.15) is 6.61 Å². The van der Waals surface area contributed by atoms with E-state index < -0.39 is 16.0 Å². The fourth-order valence-electron chi connectivity index (χ4n) is 1.90. The molecule has 0 bridgehead atoms. The van der Waals surface area contributed by atoms with Gasteiger partial charge < -0.3 is 4.74 Å². The fourth-order valence-corrected chi connectivity index (χ4v) is 2.93. The van der Waals surface area contributed by atoms with Crippen LogP contribution in [0, 0.1) is 6.92 Å². The van der Waals surface area contributed by atoms with Crippen molar-refractivity contribution in [2.45, 2.75) is 24.8 Å². The minimum absolute atomic E-state index is 0.00380. The molecule has 1 N–H and O–H groups in total. The lowest BCUT2D eigenvalue weighted by Crippen LogP contribution is -2.26. The highest BCUT2D eigenvalue weighted by Gasteiger charge is 2.14. The van der Waals surface area contributed by atoms with Gasteiger partial charge in [0.25, 0.3) is 0 Å². The lowest BCUT2D eigenvalue weighted by molar-refractivity contribution is -0.144. The van der Waals surface area contributed by atoms with Gasteiger partial charge in [-0.1, -0.05) is 48.0 Å². The van der Waals surface area contributed by atoms with Crippen LogP contribution < -0.4 is 4.72 Å². The second-order valence-electron chi connectivity index (χ2n) is 5.11. The maximum absolute atomic E-state index is 12.0. The van der Waals surface area contributed by atoms with Gasteiger partial charge in [-0.3, -0.25) is 4.79 Å². The Hall–Kier alpha value is -2.18. The first-order chi connectivity index (χ1) is 11.0. The molecule has 6 heteroatoms. The van der Waals surface area contributed by atoms with Gasteiger partial charge in [0.15, 0.2) is 0 Å². The van der Waals surface area contributed by atoms with Crippen LogP contribution in [0.4, 0.5) is 0 Å². The molecule has 122 valence electrons. The summed E-state index contributed by atoms with van der Waals surface area (Å²) in [5.74, 6) is -0.444. The minimum atomic E-state index is -3.60. The number of benzene rings is 2. The molecule has 0 heterocycles. The van der Waals surface area contributed by atoms with Crippen molar-refractivity contribution in [3.63, 3.8) is 0 Å². The first kappa shape index (κ1) is 17.2. The van der Waals surface area contributed by atoms with Gasteiger partial charge in [-0.15, -0.1) is 0 Å². The molecule has 0 fully saturated rings. The summed E-state index contributed by atoms with van der Waals surface area (Å²) in [7, 11) is -3.60. The van der Waals surface area contributed by atoms with Crippen molar-refractivity contribution in [2.24, 2.45) is 0 Å². The van der Waals surface area contributed by atoms with Crippen molar-refractivity contribution in [3.05, 3.63) is 65.7 Å². The number of sulfonamides is 1. The second-order valence-corrected chi connectivity index (χ2v) is 6.87. The number of carbonyl (C=O) groups is 1. The van der Waals surface area contributed by atoms with E-state index in [2.05, 4.69) is 4.72 Å². The topological polar surface area (TPSA) is 72.5 Å². The van der Waals surface area contributed by atoms with E-state index >= 15 is 0 Å². The third kappa shape index (κ3) is 5.50. The number of aryl methyl sites for hydroxylation is 1. The SMILES string of the molecule is Cc1ccc(S(=O)(=O)NCCC(=O)OCc2ccccc2)cc1. The van der Waals surface area contributed by atoms with Crippen LogP contribution in [0.2, 0.25) is 0 Å². The lowest BCUT2D eigenvalue weighted by Gasteiger charge is -2.07. The Kier molecular flexibility index (Phi) is 5.90. The van der Waals surface area contributed by atoms with E-state index in [1.54, 1.807) is 12.1 Å². The van der Waals surface area contributed by atoms with E-state index in [4.69, 9.17) is 4.74 Å². The van der Waals surface area contributed by atoms with Gasteiger partial charge in [-0.25, -0.2) is 13.1 Å². The van der Waals surface area contributed by atoms with Crippen molar-refractivity contribution in [3.8, 4) is 0 Å². The summed E-state index contributed by atoms with van der Waals surface area (Å²) in [6, 6.07) is 15.8. The predicted molar refractivity (Wildman–Crippen MR) is 87.2 cm³/mol. The van der Waals surface area contributed by atoms with Gasteiger partial charge in [-0.05, 0) is 24.6 Å². The normalized spacial score (nSPS) is 11.2. The lowest BCUT2D eigenvalue weighted by atomic mass is 10.2. The number of carbonyl (C=O) groups excluding carboxylic acids is 1. The van der Waals surface area contributed by atoms with E-state index in [-0.39, 0.29) is 24.5 Å². The molecule has 0 atom stereocenters. The monoisotopic (exact) mass is 333 g/mol. The van der Waals surface area contributed by atoms with Gasteiger partial charge in [0.2, 0.25) is 10.0 Å². The average molecular weight is 333 g/mol. The molecule has 0 aromatic heterocycles. The zero-order valence-electron chi connectivity index (χ0n) is 12.9. The molecule has 0 saturated heterocycles. The van der Waals surface area contributed by atoms with E-state index in [0.29, 0.717) is 0 Å². The minimum Gasteiger partial charge on any atom is -0.461 e. The number of esters is 1. The van der Waals surface area contributed by atoms with E-state index in [1.807, 2.05) is 37.3 Å². The van der Waals surface area contributed by atoms with Crippen LogP contribution in [0.1, 0.15) is 17.5 Å². The molecule has 5 nitrogen and oxygen atoms in total. The Morgan fingerprint density at radius 1 is 1.04 bits per heavy atom. The molecule has 0 aliphatic rings. The van der Waals surface area contributed by atoms with Gasteiger partial charge >= 0.3 is 5.97 Å². The highest BCUT2D eigenvalue weighted by molar-refractivity contribution is 7.89. The first-order valence-electron chi connectivity index (χ1n) is 7.23. The summed E-state index contributed by atoms with van der Waals surface area (Å²) in [6.07, 6.45) is -0.0159. The van der Waals surface area contributed by atoms with E-state index in [9.17, 15) is 13.2 Å². The zero-order chi connectivity index (χ0) is 16.7. The maximum atomic E-state index is 12.0. The third-order valence-corrected chi connectivity index (χ3v) is 4.67. The van der Waals surface area contributed by atoms with Crippen molar-refractivity contribution >= 4 is 16.0 Å². The van der Waals surface area contributed by atoms with Gasteiger partial charge in [-0.2, -0.15) is 0 Å². The summed E-state index contributed by atoms with van der Waals surface area (Å²) in [6.45, 7) is 2.07. The summed E-state index contributed by atoms with van der Waals surface area (Å²) in [5.41, 5.74) is 1.87. The van der Waals surface area contributed by atoms with Crippen molar-refractivity contribution in [2.75, 3.05) is 6.54 Å². The van der Waals surface area contributed by atoms with Crippen LogP contribution >= 0.6 is 0 Å². The molecule has 23 heavy (non-hydrogen) atoms. The van der Waals surface area contributed by atoms with Crippen molar-refractivity contribution in [1.82, 2.24) is 4.72 Å². The smallest absolute Gasteiger partial charge is 0.307 e. The predicted octanol–water partition coefficient (Wildman–Crippen LogP) is 2.41. The van der Waals surface area contributed by atoms with Gasteiger partial charge in [0.05, 0.1) is 11.3 Å². The van der Waals surface area contributed by atoms with Crippen LogP contribution in [0.25, 0.3) is 0 Å². The fraction of sp³-hybridized carbons (Fsp3) is 0.235. The Morgan fingerprint density at radius 3 is 2.35 bits per heavy atom. The molecule has 0 amide bonds. The van der Waals surface area contributed by atoms with Crippen LogP contribution in [0.5, 0.6) is 0 Å². The highest BCUT2D eigenvalue weighted by atomic mass is 32.2. The Morgan fingerprint density at radius 2 is 1.70 bits per heavy atom. The molecular weight excluding hydrogens is 314 g/mol. The molecule has 0 aliphatic carbocycles. The Labute approximate surface area is 136 Å². The Balaban J connectivity index is 1.77. The van der Waals surface area contributed by atoms with Crippen LogP contribution in [-0.2, 0) is 26.2 Å². The molecule has 2 aromatic rings. The van der Waals surface area contributed by atoms with Crippen molar-refractivity contribution in [1.29, 1.82) is 0 Å². The number of ether oxygens (including phenoxy) is 1. The summed E-state index contributed by atoms with van der Waals surface area (Å²) < 4.78 is 31.6. The molecule has 0 aliphatic heterocycles. The number of hydrogen-bond donors (Lipinski definition) is 1. The standard InChI is InChI=1S/C17H19NO4S/c1-14-7-9-16(10-8-14)23(20,21)18-12-11-17(19)22-13-15-5-3-2-4-6-15/h2-10,18H,11-13H2,1H3. The molecule has 0 radical (unpaired) electrons. The number of rotatable bonds is 7. The van der Waals surface area contributed by atoms with E-state index in [1.165, 1.54) is 12.1 Å². The van der Waals surface area contributed by atoms with Gasteiger partial charge in [0, 0.05) is 6.54 Å². The zero-order valence-corrected chi connectivity index (χ0v) is 13.7. The largest absolute Gasteiger partial charge is 0.461 e. The molecule has 0 unspecified atom stereocenters. The molecule has 0 spiro atoms. The second kappa shape index (κ2) is 7.89. The number of hydrogen-bond acceptors (Lipinski definition) is 4. The van der Waals surface area contributed by atoms with Crippen LogP contribution in [-0.4, -0.2) is 20.9 Å². The summed E-state index contributed by atoms with van der Waals surface area (Å²) >= 11 is 0. The highest BCUT2D eigenvalue weighted by Crippen LogP contribution is 2.09. The molecule has 2 rings (SSSR count). The number of nitrogens with one attached hydrogen (secondary N) is 1. The summed E-state index contributed by atoms with van der Waals surface area (Å²) in [4.78, 5) is 11.8. The quantitative estimate of drug-likeness (QED) is 0.790.